The maximum absolute atomic E-state index is 13.5. The lowest BCUT2D eigenvalue weighted by Gasteiger charge is -2.34. The van der Waals surface area contributed by atoms with Crippen LogP contribution in [0.25, 0.3) is 17.0 Å². The summed E-state index contributed by atoms with van der Waals surface area (Å²) < 4.78 is 28.5. The molecule has 1 unspecified atom stereocenters. The van der Waals surface area contributed by atoms with Crippen molar-refractivity contribution >= 4 is 27.0 Å². The van der Waals surface area contributed by atoms with Crippen LogP contribution in [-0.2, 0) is 15.8 Å². The number of sulfonamides is 1. The number of hydrogen-bond acceptors (Lipinski definition) is 2. The summed E-state index contributed by atoms with van der Waals surface area (Å²) in [6.45, 7) is 0. The van der Waals surface area contributed by atoms with Crippen molar-refractivity contribution in [2.75, 3.05) is 0 Å². The molecule has 3 aromatic carbocycles. The molecule has 144 valence electrons. The Morgan fingerprint density at radius 1 is 0.828 bits per heavy atom. The molecule has 1 aliphatic heterocycles. The average Bonchev–Trinajstić information content (AvgIpc) is 3.17. The lowest BCUT2D eigenvalue weighted by Crippen LogP contribution is -2.34. The van der Waals surface area contributed by atoms with Crippen LogP contribution in [0.2, 0.25) is 0 Å². The van der Waals surface area contributed by atoms with Gasteiger partial charge < -0.3 is 4.98 Å². The molecule has 0 fully saturated rings. The summed E-state index contributed by atoms with van der Waals surface area (Å²) in [6.07, 6.45) is 5.51. The second-order valence-corrected chi connectivity index (χ2v) is 9.08. The molecule has 0 amide bonds. The molecule has 1 N–H and O–H groups in total. The van der Waals surface area contributed by atoms with Gasteiger partial charge in [0.1, 0.15) is 0 Å². The van der Waals surface area contributed by atoms with Crippen LogP contribution in [0, 0.1) is 0 Å². The molecule has 4 nitrogen and oxygen atoms in total. The summed E-state index contributed by atoms with van der Waals surface area (Å²) in [5.41, 5.74) is 4.74. The predicted molar refractivity (Wildman–Crippen MR) is 117 cm³/mol. The molecule has 5 heteroatoms. The van der Waals surface area contributed by atoms with Crippen molar-refractivity contribution < 1.29 is 8.42 Å². The summed E-state index contributed by atoms with van der Waals surface area (Å²) >= 11 is 0. The normalized spacial score (nSPS) is 16.1. The average molecular weight is 401 g/mol. The smallest absolute Gasteiger partial charge is 0.239 e. The van der Waals surface area contributed by atoms with Gasteiger partial charge in [0.15, 0.2) is 0 Å². The molecule has 0 aliphatic carbocycles. The summed E-state index contributed by atoms with van der Waals surface area (Å²) in [5.74, 6) is -0.0425. The Morgan fingerprint density at radius 3 is 2.41 bits per heavy atom. The van der Waals surface area contributed by atoms with Crippen LogP contribution >= 0.6 is 0 Å². The van der Waals surface area contributed by atoms with E-state index in [2.05, 4.69) is 4.98 Å². The molecule has 4 aromatic rings. The van der Waals surface area contributed by atoms with Crippen molar-refractivity contribution in [1.29, 1.82) is 0 Å². The lowest BCUT2D eigenvalue weighted by molar-refractivity contribution is 0.448. The Kier molecular flexibility index (Phi) is 4.25. The fourth-order valence-electron chi connectivity index (χ4n) is 4.03. The van der Waals surface area contributed by atoms with Crippen LogP contribution in [0.3, 0.4) is 0 Å². The van der Waals surface area contributed by atoms with Crippen molar-refractivity contribution in [3.63, 3.8) is 0 Å². The van der Waals surface area contributed by atoms with Gasteiger partial charge in [0.05, 0.1) is 11.8 Å². The molecule has 2 heterocycles. The van der Waals surface area contributed by atoms with E-state index in [0.29, 0.717) is 0 Å². The second kappa shape index (κ2) is 6.94. The number of rotatable bonds is 4. The van der Waals surface area contributed by atoms with Gasteiger partial charge in [-0.2, -0.15) is 0 Å². The van der Waals surface area contributed by atoms with E-state index < -0.39 is 16.1 Å². The molecule has 0 bridgehead atoms. The first kappa shape index (κ1) is 17.8. The van der Waals surface area contributed by atoms with Crippen molar-refractivity contribution in [3.8, 4) is 0 Å². The van der Waals surface area contributed by atoms with Gasteiger partial charge in [-0.15, -0.1) is 0 Å². The minimum absolute atomic E-state index is 0.0425. The first-order chi connectivity index (χ1) is 14.1. The molecule has 0 radical (unpaired) electrons. The maximum atomic E-state index is 13.5. The van der Waals surface area contributed by atoms with Crippen molar-refractivity contribution in [1.82, 2.24) is 9.29 Å². The summed E-state index contributed by atoms with van der Waals surface area (Å²) in [6, 6.07) is 24.9. The standard InChI is InChI=1S/C24H20N2O2S/c27-29(28,17-18-8-2-1-3-9-18)26-15-14-19-10-4-5-11-20(19)24(26)22-16-25-23-13-7-6-12-21(22)23/h1-16,24-25H,17H2. The van der Waals surface area contributed by atoms with Crippen LogP contribution in [0.1, 0.15) is 28.3 Å². The van der Waals surface area contributed by atoms with Gasteiger partial charge >= 0.3 is 0 Å². The molecule has 29 heavy (non-hydrogen) atoms. The fourth-order valence-corrected chi connectivity index (χ4v) is 5.58. The van der Waals surface area contributed by atoms with E-state index in [9.17, 15) is 8.42 Å². The summed E-state index contributed by atoms with van der Waals surface area (Å²) in [7, 11) is -3.59. The highest BCUT2D eigenvalue weighted by atomic mass is 32.2. The third-order valence-electron chi connectivity index (χ3n) is 5.38. The van der Waals surface area contributed by atoms with Crippen LogP contribution in [0.4, 0.5) is 0 Å². The monoisotopic (exact) mass is 400 g/mol. The van der Waals surface area contributed by atoms with Gasteiger partial charge in [0.2, 0.25) is 10.0 Å². The van der Waals surface area contributed by atoms with Gasteiger partial charge in [-0.05, 0) is 28.8 Å². The van der Waals surface area contributed by atoms with E-state index in [1.165, 1.54) is 4.31 Å². The second-order valence-electron chi connectivity index (χ2n) is 7.21. The Balaban J connectivity index is 1.66. The number of nitrogens with zero attached hydrogens (tertiary/aromatic N) is 1. The van der Waals surface area contributed by atoms with Gasteiger partial charge in [-0.25, -0.2) is 8.42 Å². The number of aromatic nitrogens is 1. The Labute approximate surface area is 170 Å². The number of benzene rings is 3. The first-order valence-electron chi connectivity index (χ1n) is 9.52. The van der Waals surface area contributed by atoms with E-state index in [0.717, 1.165) is 33.2 Å². The fraction of sp³-hybridized carbons (Fsp3) is 0.0833. The highest BCUT2D eigenvalue weighted by molar-refractivity contribution is 7.88. The zero-order valence-corrected chi connectivity index (χ0v) is 16.5. The first-order valence-corrected chi connectivity index (χ1v) is 11.1. The van der Waals surface area contributed by atoms with E-state index in [-0.39, 0.29) is 5.75 Å². The van der Waals surface area contributed by atoms with Gasteiger partial charge in [-0.3, -0.25) is 4.31 Å². The maximum Gasteiger partial charge on any atom is 0.239 e. The number of hydrogen-bond donors (Lipinski definition) is 1. The van der Waals surface area contributed by atoms with Gasteiger partial charge in [0, 0.05) is 28.9 Å². The molecule has 5 rings (SSSR count). The minimum atomic E-state index is -3.59. The molecule has 1 aromatic heterocycles. The zero-order valence-electron chi connectivity index (χ0n) is 15.7. The van der Waals surface area contributed by atoms with Gasteiger partial charge in [-0.1, -0.05) is 72.8 Å². The van der Waals surface area contributed by atoms with E-state index in [1.807, 2.05) is 91.1 Å². The number of aromatic amines is 1. The lowest BCUT2D eigenvalue weighted by atomic mass is 9.92. The summed E-state index contributed by atoms with van der Waals surface area (Å²) in [5, 5.41) is 1.03. The Hall–Kier alpha value is -3.31. The molecular weight excluding hydrogens is 380 g/mol. The highest BCUT2D eigenvalue weighted by Crippen LogP contribution is 2.40. The largest absolute Gasteiger partial charge is 0.361 e. The molecule has 0 spiro atoms. The Bertz CT molecular complexity index is 1310. The van der Waals surface area contributed by atoms with E-state index in [4.69, 9.17) is 0 Å². The SMILES string of the molecule is O=S(=O)(Cc1ccccc1)N1C=Cc2ccccc2C1c1c[nH]c2ccccc12. The Morgan fingerprint density at radius 2 is 1.55 bits per heavy atom. The third-order valence-corrected chi connectivity index (χ3v) is 7.05. The van der Waals surface area contributed by atoms with Crippen molar-refractivity contribution in [2.24, 2.45) is 0 Å². The third kappa shape index (κ3) is 3.13. The molecule has 0 saturated heterocycles. The molecule has 1 aliphatic rings. The van der Waals surface area contributed by atoms with Crippen LogP contribution in [0.5, 0.6) is 0 Å². The minimum Gasteiger partial charge on any atom is -0.361 e. The van der Waals surface area contributed by atoms with Crippen molar-refractivity contribution in [2.45, 2.75) is 11.8 Å². The number of para-hydroxylation sites is 1. The van der Waals surface area contributed by atoms with Crippen LogP contribution < -0.4 is 0 Å². The molecular formula is C24H20N2O2S. The highest BCUT2D eigenvalue weighted by Gasteiger charge is 2.34. The van der Waals surface area contributed by atoms with Crippen LogP contribution in [-0.4, -0.2) is 17.7 Å². The number of nitrogens with one attached hydrogen (secondary N) is 1. The van der Waals surface area contributed by atoms with E-state index >= 15 is 0 Å². The summed E-state index contributed by atoms with van der Waals surface area (Å²) in [4.78, 5) is 3.29. The number of fused-ring (bicyclic) bond motifs is 2. The molecule has 1 atom stereocenters. The van der Waals surface area contributed by atoms with Crippen molar-refractivity contribution in [3.05, 3.63) is 114 Å². The predicted octanol–water partition coefficient (Wildman–Crippen LogP) is 5.07. The molecule has 0 saturated carbocycles. The quantitative estimate of drug-likeness (QED) is 0.520. The number of H-pyrrole nitrogens is 1. The van der Waals surface area contributed by atoms with Gasteiger partial charge in [0.25, 0.3) is 0 Å². The zero-order chi connectivity index (χ0) is 19.8. The van der Waals surface area contributed by atoms with E-state index in [1.54, 1.807) is 6.20 Å². The van der Waals surface area contributed by atoms with Crippen LogP contribution in [0.15, 0.2) is 91.3 Å². The topological polar surface area (TPSA) is 53.2 Å².